The van der Waals surface area contributed by atoms with Crippen molar-refractivity contribution in [2.45, 2.75) is 19.4 Å². The summed E-state index contributed by atoms with van der Waals surface area (Å²) in [5.41, 5.74) is 1.26. The number of carbonyl (C=O) groups excluding carboxylic acids is 1. The quantitative estimate of drug-likeness (QED) is 0.291. The molecule has 0 saturated carbocycles. The maximum atomic E-state index is 13.0. The van der Waals surface area contributed by atoms with E-state index in [4.69, 9.17) is 9.47 Å². The van der Waals surface area contributed by atoms with E-state index in [1.54, 1.807) is 30.3 Å². The fourth-order valence-corrected chi connectivity index (χ4v) is 3.80. The van der Waals surface area contributed by atoms with E-state index >= 15 is 0 Å². The van der Waals surface area contributed by atoms with Gasteiger partial charge in [0.1, 0.15) is 17.8 Å². The number of nitrogens with zero attached hydrogens (tertiary/aromatic N) is 5. The van der Waals surface area contributed by atoms with Gasteiger partial charge in [0.25, 0.3) is 0 Å². The third-order valence-electron chi connectivity index (χ3n) is 5.57. The third-order valence-corrected chi connectivity index (χ3v) is 5.57. The molecule has 0 unspecified atom stereocenters. The minimum absolute atomic E-state index is 0.209. The predicted octanol–water partition coefficient (Wildman–Crippen LogP) is 5.77. The molecule has 0 aliphatic rings. The normalized spacial score (nSPS) is 11.6. The Morgan fingerprint density at radius 1 is 1.00 bits per heavy atom. The molecule has 0 aliphatic carbocycles. The van der Waals surface area contributed by atoms with Crippen LogP contribution in [-0.4, -0.2) is 30.3 Å². The van der Waals surface area contributed by atoms with Crippen LogP contribution in [0.4, 0.5) is 23.8 Å². The zero-order chi connectivity index (χ0) is 26.7. The van der Waals surface area contributed by atoms with E-state index in [0.717, 1.165) is 18.7 Å². The first kappa shape index (κ1) is 25.0. The number of alkyl halides is 3. The molecule has 0 aliphatic heterocycles. The van der Waals surface area contributed by atoms with Gasteiger partial charge >= 0.3 is 12.2 Å². The van der Waals surface area contributed by atoms with Crippen LogP contribution in [0.5, 0.6) is 11.6 Å². The molecule has 1 amide bonds. The molecule has 9 nitrogen and oxygen atoms in total. The van der Waals surface area contributed by atoms with E-state index < -0.39 is 17.9 Å². The Morgan fingerprint density at radius 3 is 2.58 bits per heavy atom. The summed E-state index contributed by atoms with van der Waals surface area (Å²) in [6.07, 6.45) is -1.69. The minimum atomic E-state index is -4.58. The molecular formula is C26H21F3N6O3. The lowest BCUT2D eigenvalue weighted by molar-refractivity contribution is -0.143. The monoisotopic (exact) mass is 522 g/mol. The van der Waals surface area contributed by atoms with Crippen molar-refractivity contribution in [3.63, 3.8) is 0 Å². The van der Waals surface area contributed by atoms with Crippen LogP contribution in [-0.2, 0) is 31.2 Å². The van der Waals surface area contributed by atoms with Gasteiger partial charge in [-0.2, -0.15) is 18.3 Å². The molecule has 0 bridgehead atoms. The molecule has 0 radical (unpaired) electrons. The van der Waals surface area contributed by atoms with Crippen molar-refractivity contribution in [2.24, 2.45) is 7.05 Å². The number of amides is 1. The van der Waals surface area contributed by atoms with Gasteiger partial charge in [-0.3, -0.25) is 14.6 Å². The summed E-state index contributed by atoms with van der Waals surface area (Å²) in [5, 5.41) is 6.79. The summed E-state index contributed by atoms with van der Waals surface area (Å²) in [6, 6.07) is 18.3. The van der Waals surface area contributed by atoms with Crippen LogP contribution in [0.15, 0.2) is 79.3 Å². The lowest BCUT2D eigenvalue weighted by Crippen LogP contribution is -2.18. The average Bonchev–Trinajstić information content (AvgIpc) is 3.48. The molecule has 38 heavy (non-hydrogen) atoms. The van der Waals surface area contributed by atoms with Crippen molar-refractivity contribution in [3.8, 4) is 11.6 Å². The number of hydrogen-bond acceptors (Lipinski definition) is 6. The lowest BCUT2D eigenvalue weighted by Gasteiger charge is -2.08. The Morgan fingerprint density at radius 2 is 1.82 bits per heavy atom. The summed E-state index contributed by atoms with van der Waals surface area (Å²) in [4.78, 5) is 21.1. The Balaban J connectivity index is 1.24. The van der Waals surface area contributed by atoms with E-state index in [2.05, 4.69) is 20.4 Å². The van der Waals surface area contributed by atoms with Crippen molar-refractivity contribution < 1.29 is 27.4 Å². The van der Waals surface area contributed by atoms with E-state index in [1.165, 1.54) is 17.1 Å². The smallest absolute Gasteiger partial charge is 0.433 e. The highest BCUT2D eigenvalue weighted by Crippen LogP contribution is 2.31. The zero-order valence-corrected chi connectivity index (χ0v) is 20.0. The molecule has 0 fully saturated rings. The summed E-state index contributed by atoms with van der Waals surface area (Å²) in [5.74, 6) is 0.592. The Labute approximate surface area is 214 Å². The van der Waals surface area contributed by atoms with Gasteiger partial charge in [-0.15, -0.1) is 0 Å². The van der Waals surface area contributed by atoms with Gasteiger partial charge in [0, 0.05) is 30.8 Å². The molecule has 0 spiro atoms. The first-order chi connectivity index (χ1) is 18.3. The van der Waals surface area contributed by atoms with Gasteiger partial charge in [-0.1, -0.05) is 30.3 Å². The molecule has 5 aromatic rings. The maximum absolute atomic E-state index is 13.0. The standard InChI is InChI=1S/C26H21F3N6O3/c1-34-22(26(27,28)29)13-23(33-34)32-25(36)35-10-9-18-11-20(7-8-21(18)35)38-24-12-19(30-16-31-24)15-37-14-17-5-3-2-4-6-17/h2-13,16H,14-15H2,1H3,(H,32,33,36). The van der Waals surface area contributed by atoms with Gasteiger partial charge in [-0.25, -0.2) is 14.8 Å². The predicted molar refractivity (Wildman–Crippen MR) is 132 cm³/mol. The number of hydrogen-bond donors (Lipinski definition) is 1. The number of anilines is 1. The Kier molecular flexibility index (Phi) is 6.79. The number of carbonyl (C=O) groups is 1. The van der Waals surface area contributed by atoms with Crippen molar-refractivity contribution in [3.05, 3.63) is 96.2 Å². The topological polar surface area (TPSA) is 96.1 Å². The van der Waals surface area contributed by atoms with E-state index in [0.29, 0.717) is 39.5 Å². The van der Waals surface area contributed by atoms with E-state index in [1.807, 2.05) is 30.3 Å². The summed E-state index contributed by atoms with van der Waals surface area (Å²) >= 11 is 0. The second kappa shape index (κ2) is 10.3. The molecule has 12 heteroatoms. The molecule has 5 rings (SSSR count). The van der Waals surface area contributed by atoms with Gasteiger partial charge < -0.3 is 9.47 Å². The summed E-state index contributed by atoms with van der Waals surface area (Å²) < 4.78 is 52.6. The molecule has 2 aromatic carbocycles. The van der Waals surface area contributed by atoms with Crippen molar-refractivity contribution in [1.82, 2.24) is 24.3 Å². The van der Waals surface area contributed by atoms with E-state index in [9.17, 15) is 18.0 Å². The second-order valence-electron chi connectivity index (χ2n) is 8.30. The maximum Gasteiger partial charge on any atom is 0.433 e. The second-order valence-corrected chi connectivity index (χ2v) is 8.30. The van der Waals surface area contributed by atoms with Crippen LogP contribution in [0, 0.1) is 0 Å². The van der Waals surface area contributed by atoms with Crippen molar-refractivity contribution >= 4 is 22.8 Å². The highest BCUT2D eigenvalue weighted by Gasteiger charge is 2.35. The molecule has 3 aromatic heterocycles. The van der Waals surface area contributed by atoms with Crippen LogP contribution in [0.1, 0.15) is 17.0 Å². The van der Waals surface area contributed by atoms with Gasteiger partial charge in [-0.05, 0) is 29.8 Å². The number of nitrogens with one attached hydrogen (secondary N) is 1. The number of halogens is 3. The van der Waals surface area contributed by atoms with E-state index in [-0.39, 0.29) is 12.4 Å². The molecule has 1 N–H and O–H groups in total. The number of aryl methyl sites for hydroxylation is 1. The zero-order valence-electron chi connectivity index (χ0n) is 20.0. The SMILES string of the molecule is Cn1nc(NC(=O)n2ccc3cc(Oc4cc(COCc5ccccc5)ncn4)ccc32)cc1C(F)(F)F. The largest absolute Gasteiger partial charge is 0.439 e. The van der Waals surface area contributed by atoms with Crippen LogP contribution in [0.25, 0.3) is 10.9 Å². The molecule has 0 atom stereocenters. The fraction of sp³-hybridized carbons (Fsp3) is 0.154. The van der Waals surface area contributed by atoms with Gasteiger partial charge in [0.2, 0.25) is 5.88 Å². The number of ether oxygens (including phenoxy) is 2. The fourth-order valence-electron chi connectivity index (χ4n) is 3.80. The molecular weight excluding hydrogens is 501 g/mol. The first-order valence-electron chi connectivity index (χ1n) is 11.4. The van der Waals surface area contributed by atoms with Crippen molar-refractivity contribution in [1.29, 1.82) is 0 Å². The number of rotatable bonds is 7. The molecule has 3 heterocycles. The number of benzene rings is 2. The van der Waals surface area contributed by atoms with Crippen LogP contribution in [0.3, 0.4) is 0 Å². The summed E-state index contributed by atoms with van der Waals surface area (Å²) in [6.45, 7) is 0.734. The van der Waals surface area contributed by atoms with Crippen LogP contribution < -0.4 is 10.1 Å². The average molecular weight is 522 g/mol. The number of fused-ring (bicyclic) bond motifs is 1. The number of aromatic nitrogens is 5. The summed E-state index contributed by atoms with van der Waals surface area (Å²) in [7, 11) is 1.16. The highest BCUT2D eigenvalue weighted by molar-refractivity contribution is 5.98. The highest BCUT2D eigenvalue weighted by atomic mass is 19.4. The Hall–Kier alpha value is -4.71. The van der Waals surface area contributed by atoms with Gasteiger partial charge in [0.05, 0.1) is 24.4 Å². The van der Waals surface area contributed by atoms with Gasteiger partial charge in [0.15, 0.2) is 5.82 Å². The Bertz CT molecular complexity index is 1580. The van der Waals surface area contributed by atoms with Crippen molar-refractivity contribution in [2.75, 3.05) is 5.32 Å². The first-order valence-corrected chi connectivity index (χ1v) is 11.4. The molecule has 194 valence electrons. The minimum Gasteiger partial charge on any atom is -0.439 e. The van der Waals surface area contributed by atoms with Crippen LogP contribution >= 0.6 is 0 Å². The van der Waals surface area contributed by atoms with Crippen LogP contribution in [0.2, 0.25) is 0 Å². The third kappa shape index (κ3) is 5.65. The molecule has 0 saturated heterocycles. The lowest BCUT2D eigenvalue weighted by atomic mass is 10.2.